The first-order valence-electron chi connectivity index (χ1n) is 8.80. The van der Waals surface area contributed by atoms with Gasteiger partial charge < -0.3 is 16.2 Å². The van der Waals surface area contributed by atoms with Gasteiger partial charge in [-0.3, -0.25) is 9.36 Å². The van der Waals surface area contributed by atoms with Crippen molar-refractivity contribution in [1.29, 1.82) is 0 Å². The van der Waals surface area contributed by atoms with Crippen LogP contribution in [-0.2, 0) is 0 Å². The molecule has 0 saturated heterocycles. The minimum atomic E-state index is -0.230. The zero-order chi connectivity index (χ0) is 18.1. The molecule has 1 aromatic carbocycles. The number of nitrogens with two attached hydrogens (primary N) is 1. The van der Waals surface area contributed by atoms with E-state index in [0.29, 0.717) is 22.7 Å². The van der Waals surface area contributed by atoms with Crippen molar-refractivity contribution in [1.82, 2.24) is 14.5 Å². The maximum absolute atomic E-state index is 12.6. The van der Waals surface area contributed by atoms with E-state index in [-0.39, 0.29) is 17.7 Å². The largest absolute Gasteiger partial charge is 0.398 e. The Morgan fingerprint density at radius 1 is 1.15 bits per heavy atom. The standard InChI is InChI=1S/C19H21N5O2/c20-16-10-17(26)24(13-4-2-1-3-5-13)18-15(16)11-21-19(23-18)22-12-6-8-14(25)9-7-12/h1-5,10-12,14,25H,6-9,20H2,(H,21,22,23)/t12-,14-. The number of fused-ring (bicyclic) bond motifs is 1. The highest BCUT2D eigenvalue weighted by atomic mass is 16.3. The third kappa shape index (κ3) is 3.13. The molecule has 0 unspecified atom stereocenters. The van der Waals surface area contributed by atoms with Gasteiger partial charge >= 0.3 is 0 Å². The van der Waals surface area contributed by atoms with Gasteiger partial charge in [0, 0.05) is 24.0 Å². The zero-order valence-corrected chi connectivity index (χ0v) is 14.3. The van der Waals surface area contributed by atoms with Crippen molar-refractivity contribution in [2.45, 2.75) is 37.8 Å². The normalized spacial score (nSPS) is 20.2. The van der Waals surface area contributed by atoms with Gasteiger partial charge in [-0.15, -0.1) is 0 Å². The van der Waals surface area contributed by atoms with Gasteiger partial charge in [-0.2, -0.15) is 4.98 Å². The fourth-order valence-electron chi connectivity index (χ4n) is 3.43. The third-order valence-electron chi connectivity index (χ3n) is 4.84. The number of hydrogen-bond acceptors (Lipinski definition) is 6. The van der Waals surface area contributed by atoms with Crippen LogP contribution in [0.2, 0.25) is 0 Å². The number of nitrogen functional groups attached to an aromatic ring is 1. The van der Waals surface area contributed by atoms with Crippen LogP contribution in [-0.4, -0.2) is 31.8 Å². The fraction of sp³-hybridized carbons (Fsp3) is 0.316. The highest BCUT2D eigenvalue weighted by molar-refractivity contribution is 5.88. The number of nitrogens with zero attached hydrogens (tertiary/aromatic N) is 3. The molecule has 0 amide bonds. The summed E-state index contributed by atoms with van der Waals surface area (Å²) in [7, 11) is 0. The van der Waals surface area contributed by atoms with Crippen molar-refractivity contribution in [2.75, 3.05) is 11.1 Å². The van der Waals surface area contributed by atoms with Crippen molar-refractivity contribution in [3.63, 3.8) is 0 Å². The molecule has 26 heavy (non-hydrogen) atoms. The first kappa shape index (κ1) is 16.5. The molecule has 4 N–H and O–H groups in total. The highest BCUT2D eigenvalue weighted by Crippen LogP contribution is 2.23. The van der Waals surface area contributed by atoms with Crippen LogP contribution >= 0.6 is 0 Å². The average Bonchev–Trinajstić information content (AvgIpc) is 2.64. The van der Waals surface area contributed by atoms with Crippen LogP contribution in [0.15, 0.2) is 47.4 Å². The summed E-state index contributed by atoms with van der Waals surface area (Å²) < 4.78 is 1.54. The Balaban J connectivity index is 1.77. The predicted molar refractivity (Wildman–Crippen MR) is 101 cm³/mol. The molecule has 0 spiro atoms. The van der Waals surface area contributed by atoms with Crippen LogP contribution < -0.4 is 16.6 Å². The number of aliphatic hydroxyl groups is 1. The van der Waals surface area contributed by atoms with Crippen LogP contribution in [0.25, 0.3) is 16.7 Å². The number of rotatable bonds is 3. The SMILES string of the molecule is Nc1cc(=O)n(-c2ccccc2)c2nc(N[C@H]3CC[C@H](O)CC3)ncc12. The average molecular weight is 351 g/mol. The lowest BCUT2D eigenvalue weighted by Gasteiger charge is -2.26. The number of pyridine rings is 1. The van der Waals surface area contributed by atoms with E-state index >= 15 is 0 Å². The number of benzene rings is 1. The Morgan fingerprint density at radius 3 is 2.62 bits per heavy atom. The molecule has 0 aliphatic heterocycles. The van der Waals surface area contributed by atoms with Gasteiger partial charge in [0.1, 0.15) is 0 Å². The summed E-state index contributed by atoms with van der Waals surface area (Å²) >= 11 is 0. The molecule has 4 rings (SSSR count). The van der Waals surface area contributed by atoms with Crippen LogP contribution in [0.4, 0.5) is 11.6 Å². The molecule has 2 heterocycles. The predicted octanol–water partition coefficient (Wildman–Crippen LogP) is 2.08. The van der Waals surface area contributed by atoms with Crippen LogP contribution in [0.5, 0.6) is 0 Å². The van der Waals surface area contributed by atoms with Crippen molar-refractivity contribution in [3.8, 4) is 5.69 Å². The lowest BCUT2D eigenvalue weighted by atomic mass is 9.93. The summed E-state index contributed by atoms with van der Waals surface area (Å²) in [4.78, 5) is 21.5. The highest BCUT2D eigenvalue weighted by Gasteiger charge is 2.20. The summed E-state index contributed by atoms with van der Waals surface area (Å²) in [5, 5.41) is 13.6. The second kappa shape index (κ2) is 6.76. The summed E-state index contributed by atoms with van der Waals surface area (Å²) in [6.45, 7) is 0. The quantitative estimate of drug-likeness (QED) is 0.667. The minimum absolute atomic E-state index is 0.214. The second-order valence-electron chi connectivity index (χ2n) is 6.69. The minimum Gasteiger partial charge on any atom is -0.398 e. The molecule has 1 saturated carbocycles. The smallest absolute Gasteiger partial charge is 0.258 e. The van der Waals surface area contributed by atoms with E-state index in [1.807, 2.05) is 30.3 Å². The fourth-order valence-corrected chi connectivity index (χ4v) is 3.43. The summed E-state index contributed by atoms with van der Waals surface area (Å²) in [6.07, 6.45) is 4.71. The van der Waals surface area contributed by atoms with Crippen molar-refractivity contribution in [2.24, 2.45) is 0 Å². The summed E-state index contributed by atoms with van der Waals surface area (Å²) in [5.41, 5.74) is 7.36. The van der Waals surface area contributed by atoms with Crippen LogP contribution in [0, 0.1) is 0 Å². The first-order chi connectivity index (χ1) is 12.6. The molecule has 0 atom stereocenters. The number of hydrogen-bond donors (Lipinski definition) is 3. The van der Waals surface area contributed by atoms with Crippen molar-refractivity contribution >= 4 is 22.7 Å². The molecule has 3 aromatic rings. The van der Waals surface area contributed by atoms with E-state index in [0.717, 1.165) is 31.4 Å². The van der Waals surface area contributed by atoms with E-state index in [1.165, 1.54) is 6.07 Å². The Kier molecular flexibility index (Phi) is 4.30. The molecule has 7 heteroatoms. The lowest BCUT2D eigenvalue weighted by molar-refractivity contribution is 0.126. The van der Waals surface area contributed by atoms with Gasteiger partial charge in [0.05, 0.1) is 17.2 Å². The Bertz CT molecular complexity index is 978. The maximum atomic E-state index is 12.6. The molecule has 0 bridgehead atoms. The van der Waals surface area contributed by atoms with Crippen molar-refractivity contribution < 1.29 is 5.11 Å². The summed E-state index contributed by atoms with van der Waals surface area (Å²) in [6, 6.07) is 11.0. The number of anilines is 2. The Hall–Kier alpha value is -2.93. The number of nitrogens with one attached hydrogen (secondary N) is 1. The monoisotopic (exact) mass is 351 g/mol. The molecule has 134 valence electrons. The van der Waals surface area contributed by atoms with E-state index in [4.69, 9.17) is 5.73 Å². The topological polar surface area (TPSA) is 106 Å². The Labute approximate surface area is 150 Å². The van der Waals surface area contributed by atoms with Crippen LogP contribution in [0.1, 0.15) is 25.7 Å². The van der Waals surface area contributed by atoms with Gasteiger partial charge in [-0.05, 0) is 37.8 Å². The lowest BCUT2D eigenvalue weighted by Crippen LogP contribution is -2.29. The summed E-state index contributed by atoms with van der Waals surface area (Å²) in [5.74, 6) is 0.466. The van der Waals surface area contributed by atoms with E-state index in [9.17, 15) is 9.90 Å². The zero-order valence-electron chi connectivity index (χ0n) is 14.3. The third-order valence-corrected chi connectivity index (χ3v) is 4.84. The van der Waals surface area contributed by atoms with Gasteiger partial charge in [0.25, 0.3) is 5.56 Å². The van der Waals surface area contributed by atoms with Gasteiger partial charge in [-0.25, -0.2) is 4.98 Å². The van der Waals surface area contributed by atoms with Crippen molar-refractivity contribution in [3.05, 3.63) is 52.9 Å². The molecule has 1 aliphatic rings. The van der Waals surface area contributed by atoms with E-state index in [2.05, 4.69) is 15.3 Å². The van der Waals surface area contributed by atoms with E-state index in [1.54, 1.807) is 10.8 Å². The molecule has 0 radical (unpaired) electrons. The first-order valence-corrected chi connectivity index (χ1v) is 8.80. The Morgan fingerprint density at radius 2 is 1.88 bits per heavy atom. The molecule has 1 aliphatic carbocycles. The molecular formula is C19H21N5O2. The number of aromatic nitrogens is 3. The van der Waals surface area contributed by atoms with E-state index < -0.39 is 0 Å². The van der Waals surface area contributed by atoms with Crippen LogP contribution in [0.3, 0.4) is 0 Å². The number of aliphatic hydroxyl groups excluding tert-OH is 1. The van der Waals surface area contributed by atoms with Gasteiger partial charge in [0.2, 0.25) is 5.95 Å². The van der Waals surface area contributed by atoms with Gasteiger partial charge in [0.15, 0.2) is 5.65 Å². The second-order valence-corrected chi connectivity index (χ2v) is 6.69. The molecular weight excluding hydrogens is 330 g/mol. The van der Waals surface area contributed by atoms with Gasteiger partial charge in [-0.1, -0.05) is 18.2 Å². The molecule has 1 fully saturated rings. The maximum Gasteiger partial charge on any atom is 0.258 e. The molecule has 7 nitrogen and oxygen atoms in total. The molecule has 2 aromatic heterocycles. The number of para-hydroxylation sites is 1.